The number of nitrogens with zero attached hydrogens (tertiary/aromatic N) is 1. The van der Waals surface area contributed by atoms with Gasteiger partial charge in [0, 0.05) is 25.9 Å². The van der Waals surface area contributed by atoms with E-state index in [-0.39, 0.29) is 37.3 Å². The first-order valence-corrected chi connectivity index (χ1v) is 5.87. The first-order valence-electron chi connectivity index (χ1n) is 5.87. The highest BCUT2D eigenvalue weighted by atomic mass is 19.4. The summed E-state index contributed by atoms with van der Waals surface area (Å²) < 4.78 is 38.4. The van der Waals surface area contributed by atoms with Crippen LogP contribution >= 0.6 is 0 Å². The Labute approximate surface area is 108 Å². The number of carbonyl (C=O) groups excluding carboxylic acids is 2. The minimum atomic E-state index is -4.56. The van der Waals surface area contributed by atoms with Gasteiger partial charge in [-0.15, -0.1) is 0 Å². The maximum Gasteiger partial charge on any atom is 0.417 e. The summed E-state index contributed by atoms with van der Waals surface area (Å²) in [6, 6.07) is 4.71. The van der Waals surface area contributed by atoms with Gasteiger partial charge in [-0.3, -0.25) is 9.59 Å². The number of hydrogen-bond donors (Lipinski definition) is 0. The minimum Gasteiger partial charge on any atom is -0.338 e. The number of ketones is 1. The molecular weight excluding hydrogens is 259 g/mol. The molecule has 1 aromatic carbocycles. The summed E-state index contributed by atoms with van der Waals surface area (Å²) in [6.45, 7) is 0.369. The lowest BCUT2D eigenvalue weighted by Crippen LogP contribution is -2.39. The molecule has 0 aliphatic carbocycles. The summed E-state index contributed by atoms with van der Waals surface area (Å²) in [5, 5.41) is 0. The van der Waals surface area contributed by atoms with Gasteiger partial charge < -0.3 is 4.90 Å². The highest BCUT2D eigenvalue weighted by Crippen LogP contribution is 2.32. The third kappa shape index (κ3) is 2.94. The van der Waals surface area contributed by atoms with E-state index < -0.39 is 17.6 Å². The summed E-state index contributed by atoms with van der Waals surface area (Å²) in [4.78, 5) is 24.5. The van der Waals surface area contributed by atoms with E-state index in [1.54, 1.807) is 0 Å². The van der Waals surface area contributed by atoms with Crippen molar-refractivity contribution >= 4 is 11.7 Å². The smallest absolute Gasteiger partial charge is 0.338 e. The van der Waals surface area contributed by atoms with Crippen molar-refractivity contribution in [1.82, 2.24) is 4.90 Å². The molecule has 1 aliphatic rings. The Bertz CT molecular complexity index is 501. The quantitative estimate of drug-likeness (QED) is 0.787. The molecule has 1 fully saturated rings. The molecule has 0 aromatic heterocycles. The largest absolute Gasteiger partial charge is 0.417 e. The monoisotopic (exact) mass is 271 g/mol. The Morgan fingerprint density at radius 2 is 1.68 bits per heavy atom. The van der Waals surface area contributed by atoms with Gasteiger partial charge in [-0.05, 0) is 12.1 Å². The van der Waals surface area contributed by atoms with Crippen molar-refractivity contribution in [1.29, 1.82) is 0 Å². The Balaban J connectivity index is 2.27. The molecule has 0 N–H and O–H groups in total. The van der Waals surface area contributed by atoms with E-state index in [1.165, 1.54) is 23.1 Å². The molecule has 1 aliphatic heterocycles. The first kappa shape index (κ1) is 13.6. The van der Waals surface area contributed by atoms with E-state index in [2.05, 4.69) is 0 Å². The van der Waals surface area contributed by atoms with E-state index >= 15 is 0 Å². The maximum absolute atomic E-state index is 12.8. The van der Waals surface area contributed by atoms with Crippen LogP contribution in [0.4, 0.5) is 13.2 Å². The average Bonchev–Trinajstić information content (AvgIpc) is 2.38. The summed E-state index contributed by atoms with van der Waals surface area (Å²) in [5.41, 5.74) is -1.29. The van der Waals surface area contributed by atoms with Crippen molar-refractivity contribution in [3.8, 4) is 0 Å². The van der Waals surface area contributed by atoms with Crippen LogP contribution in [0.5, 0.6) is 0 Å². The van der Waals surface area contributed by atoms with Gasteiger partial charge >= 0.3 is 6.18 Å². The second-order valence-electron chi connectivity index (χ2n) is 4.37. The van der Waals surface area contributed by atoms with Gasteiger partial charge in [0.25, 0.3) is 5.91 Å². The lowest BCUT2D eigenvalue weighted by atomic mass is 10.0. The zero-order chi connectivity index (χ0) is 14.0. The number of hydrogen-bond acceptors (Lipinski definition) is 2. The number of carbonyl (C=O) groups is 2. The van der Waals surface area contributed by atoms with Crippen molar-refractivity contribution in [2.45, 2.75) is 19.0 Å². The van der Waals surface area contributed by atoms with Gasteiger partial charge in [0.05, 0.1) is 11.1 Å². The van der Waals surface area contributed by atoms with Crippen LogP contribution in [0.25, 0.3) is 0 Å². The zero-order valence-electron chi connectivity index (χ0n) is 10.0. The lowest BCUT2D eigenvalue weighted by molar-refractivity contribution is -0.138. The van der Waals surface area contributed by atoms with Crippen LogP contribution in [0, 0.1) is 0 Å². The number of benzene rings is 1. The van der Waals surface area contributed by atoms with Crippen LogP contribution in [0.2, 0.25) is 0 Å². The molecule has 1 aromatic rings. The predicted octanol–water partition coefficient (Wildman–Crippen LogP) is 2.51. The van der Waals surface area contributed by atoms with Crippen LogP contribution in [-0.2, 0) is 11.0 Å². The number of piperidine rings is 1. The molecule has 1 heterocycles. The molecule has 1 amide bonds. The Morgan fingerprint density at radius 3 is 2.26 bits per heavy atom. The lowest BCUT2D eigenvalue weighted by Gasteiger charge is -2.27. The summed E-state index contributed by atoms with van der Waals surface area (Å²) in [5.74, 6) is -0.631. The Kier molecular flexibility index (Phi) is 3.59. The minimum absolute atomic E-state index is 0.0353. The van der Waals surface area contributed by atoms with Crippen LogP contribution < -0.4 is 0 Å². The molecule has 0 atom stereocenters. The van der Waals surface area contributed by atoms with Crippen molar-refractivity contribution in [3.05, 3.63) is 35.4 Å². The topological polar surface area (TPSA) is 37.4 Å². The van der Waals surface area contributed by atoms with Crippen molar-refractivity contribution < 1.29 is 22.8 Å². The number of amides is 1. The van der Waals surface area contributed by atoms with E-state index in [9.17, 15) is 22.8 Å². The Morgan fingerprint density at radius 1 is 1.11 bits per heavy atom. The number of Topliss-reactive ketones (excluding diaryl/α,β-unsaturated/α-hetero) is 1. The molecule has 102 valence electrons. The van der Waals surface area contributed by atoms with E-state index in [0.29, 0.717) is 0 Å². The van der Waals surface area contributed by atoms with Gasteiger partial charge in [-0.2, -0.15) is 13.2 Å². The normalized spacial score (nSPS) is 16.6. The number of likely N-dealkylation sites (tertiary alicyclic amines) is 1. The zero-order valence-corrected chi connectivity index (χ0v) is 10.0. The summed E-state index contributed by atoms with van der Waals surface area (Å²) in [7, 11) is 0. The van der Waals surface area contributed by atoms with E-state index in [0.717, 1.165) is 6.07 Å². The number of halogens is 3. The van der Waals surface area contributed by atoms with Crippen molar-refractivity contribution in [2.75, 3.05) is 13.1 Å². The molecule has 0 spiro atoms. The molecule has 0 bridgehead atoms. The van der Waals surface area contributed by atoms with Crippen LogP contribution in [0.3, 0.4) is 0 Å². The van der Waals surface area contributed by atoms with E-state index in [4.69, 9.17) is 0 Å². The number of alkyl halides is 3. The van der Waals surface area contributed by atoms with Gasteiger partial charge in [0.2, 0.25) is 0 Å². The third-order valence-corrected chi connectivity index (χ3v) is 3.07. The fraction of sp³-hybridized carbons (Fsp3) is 0.385. The highest BCUT2D eigenvalue weighted by molar-refractivity contribution is 5.97. The molecule has 0 unspecified atom stereocenters. The average molecular weight is 271 g/mol. The van der Waals surface area contributed by atoms with Gasteiger partial charge in [-0.25, -0.2) is 0 Å². The molecule has 3 nitrogen and oxygen atoms in total. The predicted molar refractivity (Wildman–Crippen MR) is 61.6 cm³/mol. The standard InChI is InChI=1S/C13H12F3NO2/c14-13(15,16)11-4-2-1-3-10(11)12(19)17-7-5-9(18)6-8-17/h1-4H,5-8H2. The Hall–Kier alpha value is -1.85. The maximum atomic E-state index is 12.8. The van der Waals surface area contributed by atoms with Gasteiger partial charge in [0.15, 0.2) is 0 Å². The van der Waals surface area contributed by atoms with Crippen LogP contribution in [-0.4, -0.2) is 29.7 Å². The third-order valence-electron chi connectivity index (χ3n) is 3.07. The molecule has 0 radical (unpaired) electrons. The fourth-order valence-electron chi connectivity index (χ4n) is 2.05. The molecule has 19 heavy (non-hydrogen) atoms. The van der Waals surface area contributed by atoms with Crippen LogP contribution in [0.15, 0.2) is 24.3 Å². The summed E-state index contributed by atoms with van der Waals surface area (Å²) in [6.07, 6.45) is -4.14. The van der Waals surface area contributed by atoms with Gasteiger partial charge in [-0.1, -0.05) is 12.1 Å². The number of rotatable bonds is 1. The molecule has 6 heteroatoms. The molecule has 0 saturated carbocycles. The van der Waals surface area contributed by atoms with Crippen LogP contribution in [0.1, 0.15) is 28.8 Å². The van der Waals surface area contributed by atoms with E-state index in [1.807, 2.05) is 0 Å². The SMILES string of the molecule is O=C1CCN(C(=O)c2ccccc2C(F)(F)F)CC1. The second kappa shape index (κ2) is 5.03. The highest BCUT2D eigenvalue weighted by Gasteiger charge is 2.36. The fourth-order valence-corrected chi connectivity index (χ4v) is 2.05. The summed E-state index contributed by atoms with van der Waals surface area (Å²) >= 11 is 0. The molecule has 1 saturated heterocycles. The second-order valence-corrected chi connectivity index (χ2v) is 4.37. The van der Waals surface area contributed by atoms with Crippen molar-refractivity contribution in [2.24, 2.45) is 0 Å². The van der Waals surface area contributed by atoms with Crippen molar-refractivity contribution in [3.63, 3.8) is 0 Å². The first-order chi connectivity index (χ1) is 8.89. The van der Waals surface area contributed by atoms with Gasteiger partial charge in [0.1, 0.15) is 5.78 Å². The molecule has 2 rings (SSSR count). The molecular formula is C13H12F3NO2.